The van der Waals surface area contributed by atoms with E-state index in [0.29, 0.717) is 16.4 Å². The Morgan fingerprint density at radius 3 is 2.47 bits per heavy atom. The molecule has 1 aromatic heterocycles. The van der Waals surface area contributed by atoms with Gasteiger partial charge in [-0.05, 0) is 59.0 Å². The zero-order valence-electron chi connectivity index (χ0n) is 8.65. The van der Waals surface area contributed by atoms with Gasteiger partial charge in [0.2, 0.25) is 0 Å². The quantitative estimate of drug-likeness (QED) is 0.834. The fraction of sp³-hybridized carbons (Fsp3) is 0. The molecule has 17 heavy (non-hydrogen) atoms. The van der Waals surface area contributed by atoms with Crippen molar-refractivity contribution in [2.45, 2.75) is 0 Å². The monoisotopic (exact) mass is 358 g/mol. The van der Waals surface area contributed by atoms with Crippen LogP contribution in [-0.4, -0.2) is 10.9 Å². The van der Waals surface area contributed by atoms with Crippen molar-refractivity contribution in [1.82, 2.24) is 4.98 Å². The molecule has 3 nitrogen and oxygen atoms in total. The van der Waals surface area contributed by atoms with E-state index in [0.717, 1.165) is 3.57 Å². The number of hydrogen-bond acceptors (Lipinski definition) is 2. The van der Waals surface area contributed by atoms with Gasteiger partial charge in [-0.1, -0.05) is 11.6 Å². The maximum atomic E-state index is 11.8. The van der Waals surface area contributed by atoms with Crippen molar-refractivity contribution in [3.63, 3.8) is 0 Å². The summed E-state index contributed by atoms with van der Waals surface area (Å²) in [6, 6.07) is 10.6. The maximum absolute atomic E-state index is 11.8. The number of aromatic nitrogens is 1. The Balaban J connectivity index is 2.11. The van der Waals surface area contributed by atoms with Gasteiger partial charge in [-0.3, -0.25) is 4.79 Å². The van der Waals surface area contributed by atoms with Crippen molar-refractivity contribution >= 4 is 45.9 Å². The number of carbonyl (C=O) groups is 1. The lowest BCUT2D eigenvalue weighted by molar-refractivity contribution is 0.102. The van der Waals surface area contributed by atoms with Crippen LogP contribution in [0.25, 0.3) is 0 Å². The molecule has 0 saturated carbocycles. The van der Waals surface area contributed by atoms with E-state index in [1.165, 1.54) is 6.20 Å². The molecule has 0 fully saturated rings. The van der Waals surface area contributed by atoms with Crippen molar-refractivity contribution in [3.05, 3.63) is 56.8 Å². The highest BCUT2D eigenvalue weighted by Crippen LogP contribution is 2.12. The van der Waals surface area contributed by atoms with Crippen LogP contribution in [0.3, 0.4) is 0 Å². The summed E-state index contributed by atoms with van der Waals surface area (Å²) in [7, 11) is 0. The molecule has 1 amide bonds. The van der Waals surface area contributed by atoms with E-state index in [1.54, 1.807) is 24.3 Å². The molecule has 2 rings (SSSR count). The van der Waals surface area contributed by atoms with Crippen LogP contribution in [0, 0.1) is 3.57 Å². The molecule has 0 aliphatic carbocycles. The molecule has 0 atom stereocenters. The molecule has 5 heteroatoms. The summed E-state index contributed by atoms with van der Waals surface area (Å²) in [5.74, 6) is 0.300. The predicted octanol–water partition coefficient (Wildman–Crippen LogP) is 3.59. The van der Waals surface area contributed by atoms with Gasteiger partial charge in [-0.15, -0.1) is 0 Å². The summed E-state index contributed by atoms with van der Waals surface area (Å²) in [6.07, 6.45) is 1.49. The first-order valence-corrected chi connectivity index (χ1v) is 6.29. The maximum Gasteiger partial charge on any atom is 0.256 e. The molecule has 2 aromatic rings. The molecular weight excluding hydrogens is 351 g/mol. The Hall–Kier alpha value is -1.14. The highest BCUT2D eigenvalue weighted by Gasteiger charge is 2.06. The lowest BCUT2D eigenvalue weighted by Gasteiger charge is -2.04. The summed E-state index contributed by atoms with van der Waals surface area (Å²) >= 11 is 7.89. The molecule has 86 valence electrons. The van der Waals surface area contributed by atoms with Crippen molar-refractivity contribution in [1.29, 1.82) is 0 Å². The molecule has 0 aliphatic rings. The summed E-state index contributed by atoms with van der Waals surface area (Å²) < 4.78 is 1.09. The molecule has 1 heterocycles. The summed E-state index contributed by atoms with van der Waals surface area (Å²) in [6.45, 7) is 0. The predicted molar refractivity (Wildman–Crippen MR) is 76.4 cm³/mol. The smallest absolute Gasteiger partial charge is 0.256 e. The van der Waals surface area contributed by atoms with Crippen molar-refractivity contribution in [2.24, 2.45) is 0 Å². The number of halogens is 2. The van der Waals surface area contributed by atoms with Crippen LogP contribution in [0.15, 0.2) is 42.6 Å². The normalized spacial score (nSPS) is 10.0. The minimum absolute atomic E-state index is 0.184. The Kier molecular flexibility index (Phi) is 3.96. The van der Waals surface area contributed by atoms with E-state index < -0.39 is 0 Å². The van der Waals surface area contributed by atoms with E-state index in [1.807, 2.05) is 12.1 Å². The number of pyridine rings is 1. The highest BCUT2D eigenvalue weighted by molar-refractivity contribution is 14.1. The third-order valence-corrected chi connectivity index (χ3v) is 3.02. The van der Waals surface area contributed by atoms with Crippen LogP contribution >= 0.6 is 34.2 Å². The molecule has 0 aliphatic heterocycles. The SMILES string of the molecule is O=C(Nc1ccc(Cl)cn1)c1ccc(I)cc1. The first kappa shape index (κ1) is 12.3. The van der Waals surface area contributed by atoms with Crippen LogP contribution in [0.1, 0.15) is 10.4 Å². The Bertz CT molecular complexity index is 525. The van der Waals surface area contributed by atoms with Gasteiger partial charge in [0, 0.05) is 15.3 Å². The first-order chi connectivity index (χ1) is 8.15. The van der Waals surface area contributed by atoms with Crippen molar-refractivity contribution in [2.75, 3.05) is 5.32 Å². The molecular formula is C12H8ClIN2O. The molecule has 1 aromatic carbocycles. The number of benzene rings is 1. The zero-order valence-corrected chi connectivity index (χ0v) is 11.6. The number of amides is 1. The van der Waals surface area contributed by atoms with Crippen LogP contribution in [0.4, 0.5) is 5.82 Å². The van der Waals surface area contributed by atoms with Crippen LogP contribution in [-0.2, 0) is 0 Å². The standard InChI is InChI=1S/C12H8ClIN2O/c13-9-3-6-11(15-7-9)16-12(17)8-1-4-10(14)5-2-8/h1-7H,(H,15,16,17). The molecule has 0 unspecified atom stereocenters. The number of nitrogens with zero attached hydrogens (tertiary/aromatic N) is 1. The number of carbonyl (C=O) groups excluding carboxylic acids is 1. The van der Waals surface area contributed by atoms with Gasteiger partial charge < -0.3 is 5.32 Å². The average Bonchev–Trinajstić information content (AvgIpc) is 2.33. The Morgan fingerprint density at radius 1 is 1.18 bits per heavy atom. The van der Waals surface area contributed by atoms with E-state index in [9.17, 15) is 4.79 Å². The Morgan fingerprint density at radius 2 is 1.88 bits per heavy atom. The molecule has 0 radical (unpaired) electrons. The highest BCUT2D eigenvalue weighted by atomic mass is 127. The van der Waals surface area contributed by atoms with Crippen LogP contribution in [0.2, 0.25) is 5.02 Å². The lowest BCUT2D eigenvalue weighted by Crippen LogP contribution is -2.12. The largest absolute Gasteiger partial charge is 0.307 e. The number of nitrogens with one attached hydrogen (secondary N) is 1. The van der Waals surface area contributed by atoms with E-state index in [2.05, 4.69) is 32.9 Å². The first-order valence-electron chi connectivity index (χ1n) is 4.83. The topological polar surface area (TPSA) is 42.0 Å². The zero-order chi connectivity index (χ0) is 12.3. The van der Waals surface area contributed by atoms with Gasteiger partial charge in [0.25, 0.3) is 5.91 Å². The van der Waals surface area contributed by atoms with Gasteiger partial charge in [-0.2, -0.15) is 0 Å². The number of rotatable bonds is 2. The van der Waals surface area contributed by atoms with Crippen molar-refractivity contribution < 1.29 is 4.79 Å². The summed E-state index contributed by atoms with van der Waals surface area (Å²) in [4.78, 5) is 15.8. The van der Waals surface area contributed by atoms with Gasteiger partial charge >= 0.3 is 0 Å². The van der Waals surface area contributed by atoms with Crippen LogP contribution in [0.5, 0.6) is 0 Å². The Labute approximate surface area is 117 Å². The second kappa shape index (κ2) is 5.46. The summed E-state index contributed by atoms with van der Waals surface area (Å²) in [5, 5.41) is 3.23. The minimum Gasteiger partial charge on any atom is -0.307 e. The molecule has 0 saturated heterocycles. The van der Waals surface area contributed by atoms with Gasteiger partial charge in [0.05, 0.1) is 5.02 Å². The van der Waals surface area contributed by atoms with E-state index in [4.69, 9.17) is 11.6 Å². The summed E-state index contributed by atoms with van der Waals surface area (Å²) in [5.41, 5.74) is 0.599. The van der Waals surface area contributed by atoms with Gasteiger partial charge in [-0.25, -0.2) is 4.98 Å². The lowest BCUT2D eigenvalue weighted by atomic mass is 10.2. The second-order valence-electron chi connectivity index (χ2n) is 3.32. The van der Waals surface area contributed by atoms with Crippen molar-refractivity contribution in [3.8, 4) is 0 Å². The number of hydrogen-bond donors (Lipinski definition) is 1. The second-order valence-corrected chi connectivity index (χ2v) is 5.00. The molecule has 0 spiro atoms. The minimum atomic E-state index is -0.184. The third kappa shape index (κ3) is 3.41. The number of anilines is 1. The van der Waals surface area contributed by atoms with E-state index in [-0.39, 0.29) is 5.91 Å². The van der Waals surface area contributed by atoms with Gasteiger partial charge in [0.15, 0.2) is 0 Å². The fourth-order valence-electron chi connectivity index (χ4n) is 1.24. The average molecular weight is 359 g/mol. The van der Waals surface area contributed by atoms with E-state index >= 15 is 0 Å². The third-order valence-electron chi connectivity index (χ3n) is 2.08. The molecule has 0 bridgehead atoms. The van der Waals surface area contributed by atoms with Crippen LogP contribution < -0.4 is 5.32 Å². The van der Waals surface area contributed by atoms with Gasteiger partial charge in [0.1, 0.15) is 5.82 Å². The molecule has 1 N–H and O–H groups in total. The fourth-order valence-corrected chi connectivity index (χ4v) is 1.71.